The second kappa shape index (κ2) is 3.02. The molecule has 0 radical (unpaired) electrons. The Kier molecular flexibility index (Phi) is 2.01. The molecule has 0 amide bonds. The van der Waals surface area contributed by atoms with Crippen molar-refractivity contribution in [1.82, 2.24) is 0 Å². The first-order valence-corrected chi connectivity index (χ1v) is 4.82. The molecule has 0 N–H and O–H groups in total. The van der Waals surface area contributed by atoms with E-state index in [9.17, 15) is 4.79 Å². The van der Waals surface area contributed by atoms with Crippen molar-refractivity contribution in [3.8, 4) is 0 Å². The van der Waals surface area contributed by atoms with E-state index in [0.717, 1.165) is 17.2 Å². The van der Waals surface area contributed by atoms with Gasteiger partial charge in [-0.15, -0.1) is 0 Å². The average molecular weight is 225 g/mol. The van der Waals surface area contributed by atoms with Gasteiger partial charge in [0.2, 0.25) is 0 Å². The van der Waals surface area contributed by atoms with Crippen molar-refractivity contribution in [3.05, 3.63) is 34.3 Å². The summed E-state index contributed by atoms with van der Waals surface area (Å²) in [6, 6.07) is 8.11. The molecule has 2 atom stereocenters. The summed E-state index contributed by atoms with van der Waals surface area (Å²) >= 11 is 3.48. The Morgan fingerprint density at radius 1 is 1.42 bits per heavy atom. The molecule has 12 heavy (non-hydrogen) atoms. The number of hydrogen-bond acceptors (Lipinski definition) is 1. The van der Waals surface area contributed by atoms with Gasteiger partial charge in [0.15, 0.2) is 0 Å². The van der Waals surface area contributed by atoms with Crippen LogP contribution in [0, 0.1) is 5.92 Å². The minimum absolute atomic E-state index is 0.267. The number of aldehydes is 1. The van der Waals surface area contributed by atoms with E-state index in [4.69, 9.17) is 0 Å². The van der Waals surface area contributed by atoms with Crippen LogP contribution >= 0.6 is 15.9 Å². The molecule has 1 aromatic rings. The maximum absolute atomic E-state index is 10.4. The summed E-state index contributed by atoms with van der Waals surface area (Å²) in [5, 5.41) is 0. The number of carbonyl (C=O) groups is 1. The molecule has 2 heteroatoms. The smallest absolute Gasteiger partial charge is 0.123 e. The summed E-state index contributed by atoms with van der Waals surface area (Å²) in [4.78, 5) is 10.4. The lowest BCUT2D eigenvalue weighted by molar-refractivity contribution is -0.108. The zero-order chi connectivity index (χ0) is 8.55. The van der Waals surface area contributed by atoms with Crippen molar-refractivity contribution in [1.29, 1.82) is 0 Å². The lowest BCUT2D eigenvalue weighted by atomic mass is 10.1. The maximum Gasteiger partial charge on any atom is 0.123 e. The highest BCUT2D eigenvalue weighted by molar-refractivity contribution is 9.10. The minimum Gasteiger partial charge on any atom is -0.303 e. The number of halogens is 1. The van der Waals surface area contributed by atoms with Crippen LogP contribution in [0.4, 0.5) is 0 Å². The normalized spacial score (nSPS) is 26.8. The standard InChI is InChI=1S/C10H9BrO/c11-10-4-2-1-3-8(10)9-5-7(9)6-12/h1-4,6-7,9H,5H2/t7-,9+/m1/s1. The predicted octanol–water partition coefficient (Wildman–Crippen LogP) is 2.75. The van der Waals surface area contributed by atoms with E-state index < -0.39 is 0 Å². The highest BCUT2D eigenvalue weighted by Gasteiger charge is 2.38. The average Bonchev–Trinajstić information content (AvgIpc) is 2.84. The van der Waals surface area contributed by atoms with Gasteiger partial charge in [0.1, 0.15) is 6.29 Å². The molecule has 0 aliphatic heterocycles. The van der Waals surface area contributed by atoms with Gasteiger partial charge in [0.05, 0.1) is 0 Å². The van der Waals surface area contributed by atoms with Gasteiger partial charge in [-0.2, -0.15) is 0 Å². The topological polar surface area (TPSA) is 17.1 Å². The van der Waals surface area contributed by atoms with Gasteiger partial charge in [-0.3, -0.25) is 0 Å². The first-order chi connectivity index (χ1) is 5.83. The van der Waals surface area contributed by atoms with Crippen molar-refractivity contribution in [2.24, 2.45) is 5.92 Å². The number of benzene rings is 1. The second-order valence-electron chi connectivity index (χ2n) is 3.16. The van der Waals surface area contributed by atoms with E-state index in [-0.39, 0.29) is 5.92 Å². The van der Waals surface area contributed by atoms with Crippen molar-refractivity contribution in [2.75, 3.05) is 0 Å². The Hall–Kier alpha value is -0.630. The largest absolute Gasteiger partial charge is 0.303 e. The van der Waals surface area contributed by atoms with Gasteiger partial charge in [-0.25, -0.2) is 0 Å². The fourth-order valence-electron chi connectivity index (χ4n) is 1.50. The molecular formula is C10H9BrO. The molecule has 1 saturated carbocycles. The Bertz CT molecular complexity index is 308. The fraction of sp³-hybridized carbons (Fsp3) is 0.300. The lowest BCUT2D eigenvalue weighted by Crippen LogP contribution is -1.85. The molecule has 62 valence electrons. The zero-order valence-electron chi connectivity index (χ0n) is 6.53. The van der Waals surface area contributed by atoms with E-state index in [1.54, 1.807) is 0 Å². The Balaban J connectivity index is 2.25. The van der Waals surface area contributed by atoms with Crippen LogP contribution < -0.4 is 0 Å². The van der Waals surface area contributed by atoms with Crippen LogP contribution in [0.5, 0.6) is 0 Å². The Morgan fingerprint density at radius 3 is 2.75 bits per heavy atom. The van der Waals surface area contributed by atoms with Gasteiger partial charge in [0, 0.05) is 10.4 Å². The predicted molar refractivity (Wildman–Crippen MR) is 51.1 cm³/mol. The molecule has 1 aromatic carbocycles. The molecule has 0 aromatic heterocycles. The van der Waals surface area contributed by atoms with Crippen LogP contribution in [-0.4, -0.2) is 6.29 Å². The molecule has 0 heterocycles. The van der Waals surface area contributed by atoms with Crippen molar-refractivity contribution in [2.45, 2.75) is 12.3 Å². The van der Waals surface area contributed by atoms with Gasteiger partial charge in [0.25, 0.3) is 0 Å². The zero-order valence-corrected chi connectivity index (χ0v) is 8.12. The van der Waals surface area contributed by atoms with Crippen LogP contribution in [0.3, 0.4) is 0 Å². The van der Waals surface area contributed by atoms with Gasteiger partial charge < -0.3 is 4.79 Å². The van der Waals surface area contributed by atoms with Crippen molar-refractivity contribution < 1.29 is 4.79 Å². The van der Waals surface area contributed by atoms with E-state index in [2.05, 4.69) is 22.0 Å². The molecule has 0 unspecified atom stereocenters. The molecule has 1 aliphatic rings. The summed E-state index contributed by atoms with van der Waals surface area (Å²) in [5.74, 6) is 0.738. The van der Waals surface area contributed by atoms with Crippen LogP contribution in [0.15, 0.2) is 28.7 Å². The van der Waals surface area contributed by atoms with E-state index in [1.807, 2.05) is 18.2 Å². The van der Waals surface area contributed by atoms with Crippen molar-refractivity contribution in [3.63, 3.8) is 0 Å². The summed E-state index contributed by atoms with van der Waals surface area (Å²) in [5.41, 5.74) is 1.27. The van der Waals surface area contributed by atoms with Gasteiger partial charge in [-0.05, 0) is 24.0 Å². The molecule has 0 saturated heterocycles. The van der Waals surface area contributed by atoms with Crippen LogP contribution in [-0.2, 0) is 4.79 Å². The summed E-state index contributed by atoms with van der Waals surface area (Å²) < 4.78 is 1.12. The first-order valence-electron chi connectivity index (χ1n) is 4.02. The molecule has 1 aliphatic carbocycles. The van der Waals surface area contributed by atoms with Crippen molar-refractivity contribution >= 4 is 22.2 Å². The highest BCUT2D eigenvalue weighted by Crippen LogP contribution is 2.47. The molecule has 2 rings (SSSR count). The van der Waals surface area contributed by atoms with Crippen LogP contribution in [0.2, 0.25) is 0 Å². The molecular weight excluding hydrogens is 216 g/mol. The SMILES string of the molecule is O=C[C@H]1C[C@@H]1c1ccccc1Br. The fourth-order valence-corrected chi connectivity index (χ4v) is 2.08. The minimum atomic E-state index is 0.267. The monoisotopic (exact) mass is 224 g/mol. The number of hydrogen-bond donors (Lipinski definition) is 0. The third-order valence-corrected chi connectivity index (χ3v) is 3.04. The molecule has 0 bridgehead atoms. The third-order valence-electron chi connectivity index (χ3n) is 2.32. The number of carbonyl (C=O) groups excluding carboxylic acids is 1. The number of rotatable bonds is 2. The summed E-state index contributed by atoms with van der Waals surface area (Å²) in [6.45, 7) is 0. The quantitative estimate of drug-likeness (QED) is 0.707. The molecule has 1 nitrogen and oxygen atoms in total. The maximum atomic E-state index is 10.4. The van der Waals surface area contributed by atoms with E-state index >= 15 is 0 Å². The summed E-state index contributed by atoms with van der Waals surface area (Å²) in [6.07, 6.45) is 2.08. The molecule has 0 spiro atoms. The second-order valence-corrected chi connectivity index (χ2v) is 4.02. The highest BCUT2D eigenvalue weighted by atomic mass is 79.9. The van der Waals surface area contributed by atoms with E-state index in [0.29, 0.717) is 5.92 Å². The third kappa shape index (κ3) is 1.31. The Morgan fingerprint density at radius 2 is 2.17 bits per heavy atom. The molecule has 1 fully saturated rings. The van der Waals surface area contributed by atoms with Crippen LogP contribution in [0.25, 0.3) is 0 Å². The summed E-state index contributed by atoms with van der Waals surface area (Å²) in [7, 11) is 0. The van der Waals surface area contributed by atoms with Gasteiger partial charge in [-0.1, -0.05) is 34.1 Å². The Labute approximate surface area is 79.9 Å². The van der Waals surface area contributed by atoms with Crippen LogP contribution in [0.1, 0.15) is 17.9 Å². The van der Waals surface area contributed by atoms with E-state index in [1.165, 1.54) is 5.56 Å². The lowest BCUT2D eigenvalue weighted by Gasteiger charge is -2.00. The first kappa shape index (κ1) is 7.99. The van der Waals surface area contributed by atoms with Gasteiger partial charge >= 0.3 is 0 Å².